The Bertz CT molecular complexity index is 610. The molecule has 0 atom stereocenters. The molecule has 0 saturated heterocycles. The Labute approximate surface area is 128 Å². The molecule has 1 aliphatic carbocycles. The van der Waals surface area contributed by atoms with Crippen LogP contribution in [0.5, 0.6) is 0 Å². The number of H-pyrrole nitrogens is 1. The third-order valence-electron chi connectivity index (χ3n) is 4.45. The van der Waals surface area contributed by atoms with Crippen molar-refractivity contribution in [2.75, 3.05) is 0 Å². The summed E-state index contributed by atoms with van der Waals surface area (Å²) in [6.07, 6.45) is 10.3. The normalized spacial score (nSPS) is 16.6. The van der Waals surface area contributed by atoms with Crippen molar-refractivity contribution in [2.45, 2.75) is 44.9 Å². The molecule has 0 amide bonds. The summed E-state index contributed by atoms with van der Waals surface area (Å²) in [5, 5.41) is 1.04. The zero-order valence-corrected chi connectivity index (χ0v) is 13.2. The number of carbonyl (C=O) groups is 1. The van der Waals surface area contributed by atoms with E-state index < -0.39 is 0 Å². The number of aromatic nitrogens is 1. The minimum Gasteiger partial charge on any atom is -0.360 e. The van der Waals surface area contributed by atoms with Gasteiger partial charge in [-0.1, -0.05) is 48.0 Å². The zero-order chi connectivity index (χ0) is 13.9. The van der Waals surface area contributed by atoms with E-state index in [4.69, 9.17) is 0 Å². The predicted octanol–water partition coefficient (Wildman–Crippen LogP) is 5.47. The molecule has 2 nitrogen and oxygen atoms in total. The molecule has 3 rings (SSSR count). The van der Waals surface area contributed by atoms with Gasteiger partial charge in [-0.05, 0) is 30.5 Å². The first-order valence-electron chi connectivity index (χ1n) is 7.54. The van der Waals surface area contributed by atoms with Gasteiger partial charge < -0.3 is 4.98 Å². The van der Waals surface area contributed by atoms with Gasteiger partial charge in [-0.15, -0.1) is 0 Å². The first-order valence-corrected chi connectivity index (χ1v) is 8.33. The Kier molecular flexibility index (Phi) is 4.25. The summed E-state index contributed by atoms with van der Waals surface area (Å²) in [6.45, 7) is 0. The summed E-state index contributed by atoms with van der Waals surface area (Å²) in [7, 11) is 0. The lowest BCUT2D eigenvalue weighted by Gasteiger charge is -2.20. The molecule has 0 aliphatic heterocycles. The zero-order valence-electron chi connectivity index (χ0n) is 11.6. The molecule has 20 heavy (non-hydrogen) atoms. The first-order chi connectivity index (χ1) is 9.74. The largest absolute Gasteiger partial charge is 0.360 e. The Morgan fingerprint density at radius 2 is 2.05 bits per heavy atom. The molecule has 1 saturated carbocycles. The first kappa shape index (κ1) is 13.9. The number of carbonyl (C=O) groups excluding carboxylic acids is 1. The lowest BCUT2D eigenvalue weighted by atomic mass is 9.85. The SMILES string of the molecule is O=C(CCC1CCCCC1)c1c[nH]c2ccc(Br)cc12. The van der Waals surface area contributed by atoms with Crippen molar-refractivity contribution in [1.29, 1.82) is 0 Å². The lowest BCUT2D eigenvalue weighted by molar-refractivity contribution is 0.0972. The lowest BCUT2D eigenvalue weighted by Crippen LogP contribution is -2.09. The molecule has 1 fully saturated rings. The number of hydrogen-bond acceptors (Lipinski definition) is 1. The molecule has 1 aliphatic rings. The molecule has 2 aromatic rings. The van der Waals surface area contributed by atoms with E-state index >= 15 is 0 Å². The summed E-state index contributed by atoms with van der Waals surface area (Å²) in [6, 6.07) is 6.03. The van der Waals surface area contributed by atoms with Gasteiger partial charge in [-0.3, -0.25) is 4.79 Å². The van der Waals surface area contributed by atoms with E-state index in [1.165, 1.54) is 32.1 Å². The Balaban J connectivity index is 1.70. The molecule has 0 radical (unpaired) electrons. The number of benzene rings is 1. The smallest absolute Gasteiger partial charge is 0.165 e. The molecule has 1 N–H and O–H groups in total. The highest BCUT2D eigenvalue weighted by Crippen LogP contribution is 2.29. The van der Waals surface area contributed by atoms with Crippen molar-refractivity contribution in [3.05, 3.63) is 34.4 Å². The van der Waals surface area contributed by atoms with E-state index in [1.54, 1.807) is 0 Å². The topological polar surface area (TPSA) is 32.9 Å². The average molecular weight is 334 g/mol. The number of aromatic amines is 1. The highest BCUT2D eigenvalue weighted by molar-refractivity contribution is 9.10. The second-order valence-corrected chi connectivity index (χ2v) is 6.77. The summed E-state index contributed by atoms with van der Waals surface area (Å²) >= 11 is 3.48. The van der Waals surface area contributed by atoms with Gasteiger partial charge in [0.15, 0.2) is 5.78 Å². The van der Waals surface area contributed by atoms with Crippen LogP contribution in [0.4, 0.5) is 0 Å². The average Bonchev–Trinajstić information content (AvgIpc) is 2.89. The third-order valence-corrected chi connectivity index (χ3v) is 4.94. The van der Waals surface area contributed by atoms with Crippen molar-refractivity contribution in [2.24, 2.45) is 5.92 Å². The van der Waals surface area contributed by atoms with Gasteiger partial charge in [0.1, 0.15) is 0 Å². The van der Waals surface area contributed by atoms with Gasteiger partial charge in [-0.2, -0.15) is 0 Å². The van der Waals surface area contributed by atoms with Gasteiger partial charge >= 0.3 is 0 Å². The summed E-state index contributed by atoms with van der Waals surface area (Å²) in [5.41, 5.74) is 1.88. The summed E-state index contributed by atoms with van der Waals surface area (Å²) < 4.78 is 1.02. The van der Waals surface area contributed by atoms with Crippen LogP contribution < -0.4 is 0 Å². The fraction of sp³-hybridized carbons (Fsp3) is 0.471. The van der Waals surface area contributed by atoms with Crippen LogP contribution in [0.2, 0.25) is 0 Å². The maximum absolute atomic E-state index is 12.4. The number of rotatable bonds is 4. The number of fused-ring (bicyclic) bond motifs is 1. The van der Waals surface area contributed by atoms with Crippen molar-refractivity contribution >= 4 is 32.6 Å². The number of hydrogen-bond donors (Lipinski definition) is 1. The van der Waals surface area contributed by atoms with E-state index in [0.717, 1.165) is 33.3 Å². The molecule has 3 heteroatoms. The standard InChI is InChI=1S/C17H20BrNO/c18-13-7-8-16-14(10-13)15(11-19-16)17(20)9-6-12-4-2-1-3-5-12/h7-8,10-12,19H,1-6,9H2. The Morgan fingerprint density at radius 1 is 1.25 bits per heavy atom. The van der Waals surface area contributed by atoms with E-state index in [-0.39, 0.29) is 5.78 Å². The highest BCUT2D eigenvalue weighted by atomic mass is 79.9. The maximum atomic E-state index is 12.4. The monoisotopic (exact) mass is 333 g/mol. The second kappa shape index (κ2) is 6.13. The van der Waals surface area contributed by atoms with Gasteiger partial charge in [-0.25, -0.2) is 0 Å². The van der Waals surface area contributed by atoms with Crippen molar-refractivity contribution in [3.8, 4) is 0 Å². The van der Waals surface area contributed by atoms with Crippen LogP contribution in [0.15, 0.2) is 28.9 Å². The molecule has 1 heterocycles. The van der Waals surface area contributed by atoms with Crippen LogP contribution in [-0.2, 0) is 0 Å². The number of nitrogens with one attached hydrogen (secondary N) is 1. The molecular formula is C17H20BrNO. The Morgan fingerprint density at radius 3 is 2.85 bits per heavy atom. The number of Topliss-reactive ketones (excluding diaryl/α,β-unsaturated/α-hetero) is 1. The van der Waals surface area contributed by atoms with Gasteiger partial charge in [0.25, 0.3) is 0 Å². The van der Waals surface area contributed by atoms with Crippen LogP contribution >= 0.6 is 15.9 Å². The number of ketones is 1. The third kappa shape index (κ3) is 2.98. The fourth-order valence-electron chi connectivity index (χ4n) is 3.27. The van der Waals surface area contributed by atoms with Crippen LogP contribution in [0.3, 0.4) is 0 Å². The fourth-order valence-corrected chi connectivity index (χ4v) is 3.63. The van der Waals surface area contributed by atoms with E-state index in [9.17, 15) is 4.79 Å². The van der Waals surface area contributed by atoms with Crippen LogP contribution in [0, 0.1) is 5.92 Å². The molecule has 1 aromatic heterocycles. The van der Waals surface area contributed by atoms with Gasteiger partial charge in [0.05, 0.1) is 0 Å². The molecule has 0 unspecified atom stereocenters. The second-order valence-electron chi connectivity index (χ2n) is 5.86. The summed E-state index contributed by atoms with van der Waals surface area (Å²) in [4.78, 5) is 15.6. The van der Waals surface area contributed by atoms with Crippen molar-refractivity contribution in [1.82, 2.24) is 4.98 Å². The van der Waals surface area contributed by atoms with Crippen LogP contribution in [0.25, 0.3) is 10.9 Å². The number of halogens is 1. The van der Waals surface area contributed by atoms with E-state index in [0.29, 0.717) is 6.42 Å². The van der Waals surface area contributed by atoms with E-state index in [1.807, 2.05) is 24.4 Å². The predicted molar refractivity (Wildman–Crippen MR) is 86.1 cm³/mol. The minimum atomic E-state index is 0.278. The van der Waals surface area contributed by atoms with Crippen molar-refractivity contribution in [3.63, 3.8) is 0 Å². The molecule has 106 valence electrons. The Hall–Kier alpha value is -1.09. The molecule has 0 spiro atoms. The quantitative estimate of drug-likeness (QED) is 0.739. The maximum Gasteiger partial charge on any atom is 0.165 e. The molecule has 0 bridgehead atoms. The van der Waals surface area contributed by atoms with E-state index in [2.05, 4.69) is 20.9 Å². The van der Waals surface area contributed by atoms with Gasteiger partial charge in [0.2, 0.25) is 0 Å². The molecular weight excluding hydrogens is 314 g/mol. The van der Waals surface area contributed by atoms with Gasteiger partial charge in [0, 0.05) is 33.6 Å². The molecule has 1 aromatic carbocycles. The minimum absolute atomic E-state index is 0.278. The van der Waals surface area contributed by atoms with Crippen LogP contribution in [0.1, 0.15) is 55.3 Å². The highest BCUT2D eigenvalue weighted by Gasteiger charge is 2.17. The van der Waals surface area contributed by atoms with Crippen LogP contribution in [-0.4, -0.2) is 10.8 Å². The summed E-state index contributed by atoms with van der Waals surface area (Å²) in [5.74, 6) is 1.05. The van der Waals surface area contributed by atoms with Crippen molar-refractivity contribution < 1.29 is 4.79 Å².